The summed E-state index contributed by atoms with van der Waals surface area (Å²) in [5.41, 5.74) is 0.580. The van der Waals surface area contributed by atoms with Crippen molar-refractivity contribution in [2.75, 3.05) is 18.5 Å². The van der Waals surface area contributed by atoms with Crippen LogP contribution in [0, 0.1) is 11.8 Å². The number of aliphatic carboxylic acids is 1. The second kappa shape index (κ2) is 6.25. The van der Waals surface area contributed by atoms with Gasteiger partial charge in [0.1, 0.15) is 13.2 Å². The molecule has 22 heavy (non-hydrogen) atoms. The highest BCUT2D eigenvalue weighted by Gasteiger charge is 2.31. The van der Waals surface area contributed by atoms with Crippen LogP contribution in [0.2, 0.25) is 0 Å². The van der Waals surface area contributed by atoms with Gasteiger partial charge in [0, 0.05) is 29.6 Å². The van der Waals surface area contributed by atoms with E-state index < -0.39 is 17.8 Å². The van der Waals surface area contributed by atoms with E-state index in [9.17, 15) is 14.7 Å². The zero-order valence-corrected chi connectivity index (χ0v) is 12.2. The van der Waals surface area contributed by atoms with Crippen LogP contribution in [0.15, 0.2) is 18.2 Å². The summed E-state index contributed by atoms with van der Waals surface area (Å²) in [6, 6.07) is 5.16. The van der Waals surface area contributed by atoms with Gasteiger partial charge < -0.3 is 24.7 Å². The molecule has 1 aromatic rings. The van der Waals surface area contributed by atoms with Crippen LogP contribution in [0.25, 0.3) is 0 Å². The van der Waals surface area contributed by atoms with E-state index in [-0.39, 0.29) is 5.91 Å². The summed E-state index contributed by atoms with van der Waals surface area (Å²) in [6.45, 7) is 0.980. The highest BCUT2D eigenvalue weighted by molar-refractivity contribution is 5.95. The first-order valence-electron chi connectivity index (χ1n) is 7.56. The average Bonchev–Trinajstić information content (AvgIpc) is 2.54. The third-order valence-corrected chi connectivity index (χ3v) is 4.22. The van der Waals surface area contributed by atoms with Gasteiger partial charge in [0.15, 0.2) is 11.5 Å². The fourth-order valence-corrected chi connectivity index (χ4v) is 3.08. The number of amides is 1. The minimum atomic E-state index is -1.14. The largest absolute Gasteiger partial charge is 0.550 e. The Morgan fingerprint density at radius 3 is 2.45 bits per heavy atom. The van der Waals surface area contributed by atoms with E-state index in [1.165, 1.54) is 0 Å². The number of benzene rings is 1. The van der Waals surface area contributed by atoms with Gasteiger partial charge in [-0.3, -0.25) is 4.79 Å². The molecule has 0 bridgehead atoms. The molecule has 1 N–H and O–H groups in total. The quantitative estimate of drug-likeness (QED) is 0.898. The van der Waals surface area contributed by atoms with E-state index >= 15 is 0 Å². The fourth-order valence-electron chi connectivity index (χ4n) is 3.08. The number of hydrogen-bond acceptors (Lipinski definition) is 5. The SMILES string of the molecule is O=C([O-])[C@H]1CCCC[C@H]1C(=O)Nc1ccc2c(c1)OCCO2. The molecule has 0 saturated heterocycles. The number of carbonyl (C=O) groups excluding carboxylic acids is 2. The van der Waals surface area contributed by atoms with Crippen LogP contribution in [-0.4, -0.2) is 25.1 Å². The lowest BCUT2D eigenvalue weighted by Gasteiger charge is -2.31. The average molecular weight is 304 g/mol. The zero-order valence-electron chi connectivity index (χ0n) is 12.2. The van der Waals surface area contributed by atoms with E-state index in [2.05, 4.69) is 5.32 Å². The lowest BCUT2D eigenvalue weighted by atomic mass is 9.78. The van der Waals surface area contributed by atoms with E-state index in [1.807, 2.05) is 0 Å². The third kappa shape index (κ3) is 3.00. The van der Waals surface area contributed by atoms with Crippen molar-refractivity contribution in [3.63, 3.8) is 0 Å². The Hall–Kier alpha value is -2.24. The fraction of sp³-hybridized carbons (Fsp3) is 0.500. The normalized spacial score (nSPS) is 23.6. The lowest BCUT2D eigenvalue weighted by Crippen LogP contribution is -2.42. The minimum Gasteiger partial charge on any atom is -0.550 e. The monoisotopic (exact) mass is 304 g/mol. The number of ether oxygens (including phenoxy) is 2. The summed E-state index contributed by atoms with van der Waals surface area (Å²) in [5, 5.41) is 14.0. The molecule has 1 aliphatic carbocycles. The molecule has 0 unspecified atom stereocenters. The van der Waals surface area contributed by atoms with E-state index in [1.54, 1.807) is 18.2 Å². The summed E-state index contributed by atoms with van der Waals surface area (Å²) in [6.07, 6.45) is 2.77. The highest BCUT2D eigenvalue weighted by atomic mass is 16.6. The van der Waals surface area contributed by atoms with Gasteiger partial charge >= 0.3 is 0 Å². The van der Waals surface area contributed by atoms with Crippen molar-refractivity contribution in [3.8, 4) is 11.5 Å². The first kappa shape index (κ1) is 14.7. The predicted octanol–water partition coefficient (Wildman–Crippen LogP) is 0.953. The van der Waals surface area contributed by atoms with Crippen molar-refractivity contribution >= 4 is 17.6 Å². The third-order valence-electron chi connectivity index (χ3n) is 4.22. The Morgan fingerprint density at radius 2 is 1.73 bits per heavy atom. The summed E-state index contributed by atoms with van der Waals surface area (Å²) in [7, 11) is 0. The highest BCUT2D eigenvalue weighted by Crippen LogP contribution is 2.34. The van der Waals surface area contributed by atoms with Gasteiger partial charge in [0.25, 0.3) is 0 Å². The standard InChI is InChI=1S/C16H19NO5/c18-15(11-3-1-2-4-12(11)16(19)20)17-10-5-6-13-14(9-10)22-8-7-21-13/h5-6,9,11-12H,1-4,7-8H2,(H,17,18)(H,19,20)/p-1/t11-,12+/m1/s1. The molecule has 1 saturated carbocycles. The molecule has 1 aromatic carbocycles. The van der Waals surface area contributed by atoms with Gasteiger partial charge in [-0.1, -0.05) is 12.8 Å². The molecule has 6 nitrogen and oxygen atoms in total. The number of hydrogen-bond donors (Lipinski definition) is 1. The number of fused-ring (bicyclic) bond motifs is 1. The summed E-state index contributed by atoms with van der Waals surface area (Å²) in [4.78, 5) is 23.6. The molecule has 2 aliphatic rings. The van der Waals surface area contributed by atoms with Crippen LogP contribution in [0.1, 0.15) is 25.7 Å². The predicted molar refractivity (Wildman–Crippen MR) is 76.5 cm³/mol. The first-order valence-corrected chi connectivity index (χ1v) is 7.56. The molecule has 1 amide bonds. The van der Waals surface area contributed by atoms with Crippen LogP contribution < -0.4 is 19.9 Å². The van der Waals surface area contributed by atoms with E-state index in [0.29, 0.717) is 43.2 Å². The van der Waals surface area contributed by atoms with Crippen molar-refractivity contribution in [2.24, 2.45) is 11.8 Å². The Balaban J connectivity index is 1.71. The summed E-state index contributed by atoms with van der Waals surface area (Å²) >= 11 is 0. The molecular formula is C16H18NO5-. The Morgan fingerprint density at radius 1 is 1.05 bits per heavy atom. The number of carboxylic acid groups (broad SMARTS) is 1. The van der Waals surface area contributed by atoms with Gasteiger partial charge in [-0.25, -0.2) is 0 Å². The molecule has 0 aromatic heterocycles. The van der Waals surface area contributed by atoms with Crippen LogP contribution in [0.4, 0.5) is 5.69 Å². The molecule has 1 fully saturated rings. The van der Waals surface area contributed by atoms with Gasteiger partial charge in [-0.2, -0.15) is 0 Å². The zero-order chi connectivity index (χ0) is 15.5. The van der Waals surface area contributed by atoms with Gasteiger partial charge in [-0.15, -0.1) is 0 Å². The van der Waals surface area contributed by atoms with Gasteiger partial charge in [0.05, 0.1) is 0 Å². The number of rotatable bonds is 3. The maximum Gasteiger partial charge on any atom is 0.228 e. The number of carboxylic acids is 1. The van der Waals surface area contributed by atoms with Crippen molar-refractivity contribution in [1.82, 2.24) is 0 Å². The lowest BCUT2D eigenvalue weighted by molar-refractivity contribution is -0.313. The molecular weight excluding hydrogens is 286 g/mol. The summed E-state index contributed by atoms with van der Waals surface area (Å²) < 4.78 is 10.9. The molecule has 1 heterocycles. The molecule has 1 aliphatic heterocycles. The van der Waals surface area contributed by atoms with Gasteiger partial charge in [-0.05, 0) is 25.0 Å². The topological polar surface area (TPSA) is 87.7 Å². The molecule has 0 radical (unpaired) electrons. The first-order chi connectivity index (χ1) is 10.6. The Bertz CT molecular complexity index is 586. The van der Waals surface area contributed by atoms with Crippen molar-refractivity contribution in [3.05, 3.63) is 18.2 Å². The smallest absolute Gasteiger partial charge is 0.228 e. The van der Waals surface area contributed by atoms with Crippen molar-refractivity contribution < 1.29 is 24.2 Å². The van der Waals surface area contributed by atoms with Crippen molar-refractivity contribution in [1.29, 1.82) is 0 Å². The van der Waals surface area contributed by atoms with Crippen LogP contribution in [0.3, 0.4) is 0 Å². The van der Waals surface area contributed by atoms with Crippen LogP contribution in [0.5, 0.6) is 11.5 Å². The number of nitrogens with one attached hydrogen (secondary N) is 1. The molecule has 118 valence electrons. The Labute approximate surface area is 128 Å². The molecule has 3 rings (SSSR count). The minimum absolute atomic E-state index is 0.273. The van der Waals surface area contributed by atoms with Crippen LogP contribution >= 0.6 is 0 Å². The van der Waals surface area contributed by atoms with E-state index in [0.717, 1.165) is 12.8 Å². The van der Waals surface area contributed by atoms with Crippen LogP contribution in [-0.2, 0) is 9.59 Å². The van der Waals surface area contributed by atoms with E-state index in [4.69, 9.17) is 9.47 Å². The second-order valence-corrected chi connectivity index (χ2v) is 5.66. The Kier molecular flexibility index (Phi) is 4.18. The maximum atomic E-state index is 12.4. The number of carbonyl (C=O) groups is 2. The molecule has 0 spiro atoms. The molecule has 2 atom stereocenters. The maximum absolute atomic E-state index is 12.4. The van der Waals surface area contributed by atoms with Gasteiger partial charge in [0.2, 0.25) is 5.91 Å². The molecule has 6 heteroatoms. The summed E-state index contributed by atoms with van der Waals surface area (Å²) in [5.74, 6) is -1.41. The number of anilines is 1. The van der Waals surface area contributed by atoms with Crippen molar-refractivity contribution in [2.45, 2.75) is 25.7 Å². The second-order valence-electron chi connectivity index (χ2n) is 5.66.